The lowest BCUT2D eigenvalue weighted by molar-refractivity contribution is -0.115. The Bertz CT molecular complexity index is 1020. The van der Waals surface area contributed by atoms with E-state index in [9.17, 15) is 9.59 Å². The predicted molar refractivity (Wildman–Crippen MR) is 131 cm³/mol. The Balaban J connectivity index is 1.47. The van der Waals surface area contributed by atoms with E-state index in [4.69, 9.17) is 26.4 Å². The second-order valence-corrected chi connectivity index (χ2v) is 7.72. The minimum atomic E-state index is -0.382. The van der Waals surface area contributed by atoms with Crippen LogP contribution < -0.4 is 25.4 Å². The Labute approximate surface area is 198 Å². The van der Waals surface area contributed by atoms with Gasteiger partial charge in [0.25, 0.3) is 5.91 Å². The Morgan fingerprint density at radius 1 is 1.12 bits per heavy atom. The molecule has 1 aliphatic heterocycles. The molecule has 174 valence electrons. The van der Waals surface area contributed by atoms with Crippen molar-refractivity contribution in [2.75, 3.05) is 32.7 Å². The third-order valence-corrected chi connectivity index (χ3v) is 5.19. The second kappa shape index (κ2) is 12.0. The van der Waals surface area contributed by atoms with Crippen molar-refractivity contribution in [2.45, 2.75) is 18.9 Å². The molecule has 0 aromatic heterocycles. The van der Waals surface area contributed by atoms with Crippen LogP contribution in [0.15, 0.2) is 48.5 Å². The molecule has 1 fully saturated rings. The molecule has 3 rings (SSSR count). The topological polar surface area (TPSA) is 97.9 Å². The van der Waals surface area contributed by atoms with Gasteiger partial charge in [0.1, 0.15) is 0 Å². The van der Waals surface area contributed by atoms with E-state index in [-0.39, 0.29) is 23.0 Å². The highest BCUT2D eigenvalue weighted by molar-refractivity contribution is 7.80. The molecule has 8 nitrogen and oxygen atoms in total. The number of benzene rings is 2. The van der Waals surface area contributed by atoms with Gasteiger partial charge in [0, 0.05) is 30.5 Å². The highest BCUT2D eigenvalue weighted by Gasteiger charge is 2.16. The molecule has 0 radical (unpaired) electrons. The molecule has 0 aliphatic carbocycles. The Kier molecular flexibility index (Phi) is 8.79. The van der Waals surface area contributed by atoms with Gasteiger partial charge in [-0.1, -0.05) is 6.07 Å². The molecule has 9 heteroatoms. The van der Waals surface area contributed by atoms with E-state index in [1.165, 1.54) is 6.08 Å². The number of hydrogen-bond acceptors (Lipinski definition) is 6. The number of carbonyl (C=O) groups excluding carboxylic acids is 2. The summed E-state index contributed by atoms with van der Waals surface area (Å²) >= 11 is 5.20. The molecule has 1 heterocycles. The first kappa shape index (κ1) is 24.2. The fourth-order valence-electron chi connectivity index (χ4n) is 3.26. The second-order valence-electron chi connectivity index (χ2n) is 7.31. The van der Waals surface area contributed by atoms with E-state index < -0.39 is 0 Å². The number of thiocarbonyl (C=S) groups is 1. The maximum absolute atomic E-state index is 12.3. The molecule has 33 heavy (non-hydrogen) atoms. The minimum absolute atomic E-state index is 0.0941. The van der Waals surface area contributed by atoms with Crippen molar-refractivity contribution in [1.29, 1.82) is 0 Å². The van der Waals surface area contributed by atoms with Gasteiger partial charge in [0.15, 0.2) is 16.6 Å². The summed E-state index contributed by atoms with van der Waals surface area (Å²) in [5, 5.41) is 8.53. The average Bonchev–Trinajstić information content (AvgIpc) is 3.35. The van der Waals surface area contributed by atoms with E-state index in [1.54, 1.807) is 62.8 Å². The van der Waals surface area contributed by atoms with Crippen molar-refractivity contribution < 1.29 is 23.8 Å². The maximum Gasteiger partial charge on any atom is 0.251 e. The Hall–Kier alpha value is -3.43. The summed E-state index contributed by atoms with van der Waals surface area (Å²) in [7, 11) is 3.11. The summed E-state index contributed by atoms with van der Waals surface area (Å²) in [6.45, 7) is 1.26. The molecule has 2 aromatic rings. The van der Waals surface area contributed by atoms with E-state index in [0.29, 0.717) is 29.3 Å². The molecule has 1 saturated heterocycles. The van der Waals surface area contributed by atoms with Crippen LogP contribution in [0.4, 0.5) is 5.69 Å². The summed E-state index contributed by atoms with van der Waals surface area (Å²) in [5.41, 5.74) is 1.96. The molecule has 1 unspecified atom stereocenters. The Morgan fingerprint density at radius 2 is 1.88 bits per heavy atom. The quantitative estimate of drug-likeness (QED) is 0.404. The number of methoxy groups -OCH3 is 2. The summed E-state index contributed by atoms with van der Waals surface area (Å²) in [5.74, 6) is 0.637. The summed E-state index contributed by atoms with van der Waals surface area (Å²) in [4.78, 5) is 24.4. The molecule has 3 N–H and O–H groups in total. The molecular weight excluding hydrogens is 442 g/mol. The van der Waals surface area contributed by atoms with Gasteiger partial charge in [0.2, 0.25) is 5.91 Å². The largest absolute Gasteiger partial charge is 0.493 e. The van der Waals surface area contributed by atoms with Gasteiger partial charge < -0.3 is 24.8 Å². The zero-order chi connectivity index (χ0) is 23.6. The summed E-state index contributed by atoms with van der Waals surface area (Å²) in [6.07, 6.45) is 5.11. The average molecular weight is 470 g/mol. The van der Waals surface area contributed by atoms with Crippen LogP contribution in [0.25, 0.3) is 6.08 Å². The first-order valence-electron chi connectivity index (χ1n) is 10.5. The number of anilines is 1. The number of nitrogens with one attached hydrogen (secondary N) is 3. The van der Waals surface area contributed by atoms with Crippen LogP contribution in [0.3, 0.4) is 0 Å². The lowest BCUT2D eigenvalue weighted by Gasteiger charge is -2.11. The molecule has 0 saturated carbocycles. The lowest BCUT2D eigenvalue weighted by Crippen LogP contribution is -2.33. The van der Waals surface area contributed by atoms with Crippen LogP contribution in [0.2, 0.25) is 0 Å². The van der Waals surface area contributed by atoms with Gasteiger partial charge in [0.05, 0.1) is 20.3 Å². The van der Waals surface area contributed by atoms with E-state index in [0.717, 1.165) is 25.0 Å². The van der Waals surface area contributed by atoms with Gasteiger partial charge in [-0.05, 0) is 73.1 Å². The minimum Gasteiger partial charge on any atom is -0.493 e. The van der Waals surface area contributed by atoms with Crippen molar-refractivity contribution in [3.63, 3.8) is 0 Å². The van der Waals surface area contributed by atoms with Gasteiger partial charge >= 0.3 is 0 Å². The molecule has 1 atom stereocenters. The first-order valence-corrected chi connectivity index (χ1v) is 10.9. The number of rotatable bonds is 8. The van der Waals surface area contributed by atoms with Crippen molar-refractivity contribution in [3.8, 4) is 11.5 Å². The highest BCUT2D eigenvalue weighted by atomic mass is 32.1. The van der Waals surface area contributed by atoms with Crippen molar-refractivity contribution in [3.05, 3.63) is 59.7 Å². The molecule has 0 bridgehead atoms. The van der Waals surface area contributed by atoms with Crippen LogP contribution in [0.1, 0.15) is 28.8 Å². The number of amides is 2. The van der Waals surface area contributed by atoms with E-state index in [1.807, 2.05) is 0 Å². The van der Waals surface area contributed by atoms with Crippen LogP contribution >= 0.6 is 12.2 Å². The lowest BCUT2D eigenvalue weighted by atomic mass is 10.2. The molecule has 2 aromatic carbocycles. The molecule has 1 aliphatic rings. The van der Waals surface area contributed by atoms with E-state index >= 15 is 0 Å². The SMILES string of the molecule is COc1ccc(/C=C/C(=O)NC(=S)Nc2ccc(C(=O)NCC3CCCO3)cc2)cc1OC. The van der Waals surface area contributed by atoms with Gasteiger partial charge in [-0.25, -0.2) is 0 Å². The van der Waals surface area contributed by atoms with Crippen molar-refractivity contribution in [2.24, 2.45) is 0 Å². The van der Waals surface area contributed by atoms with Gasteiger partial charge in [-0.15, -0.1) is 0 Å². The molecule has 0 spiro atoms. The summed E-state index contributed by atoms with van der Waals surface area (Å²) < 4.78 is 16.0. The standard InChI is InChI=1S/C24H27N3O5S/c1-30-20-11-5-16(14-21(20)31-2)6-12-22(28)27-24(33)26-18-9-7-17(8-10-18)23(29)25-15-19-4-3-13-32-19/h5-12,14,19H,3-4,13,15H2,1-2H3,(H,25,29)(H2,26,27,28,33)/b12-6+. The summed E-state index contributed by atoms with van der Waals surface area (Å²) in [6, 6.07) is 12.1. The maximum atomic E-state index is 12.3. The van der Waals surface area contributed by atoms with Crippen LogP contribution in [-0.2, 0) is 9.53 Å². The van der Waals surface area contributed by atoms with Crippen LogP contribution in [0.5, 0.6) is 11.5 Å². The van der Waals surface area contributed by atoms with E-state index in [2.05, 4.69) is 16.0 Å². The zero-order valence-electron chi connectivity index (χ0n) is 18.6. The molecule has 2 amide bonds. The highest BCUT2D eigenvalue weighted by Crippen LogP contribution is 2.27. The first-order chi connectivity index (χ1) is 16.0. The van der Waals surface area contributed by atoms with Crippen LogP contribution in [0, 0.1) is 0 Å². The number of ether oxygens (including phenoxy) is 3. The third-order valence-electron chi connectivity index (χ3n) is 4.99. The zero-order valence-corrected chi connectivity index (χ0v) is 19.4. The van der Waals surface area contributed by atoms with Crippen molar-refractivity contribution >= 4 is 40.9 Å². The van der Waals surface area contributed by atoms with Gasteiger partial charge in [-0.2, -0.15) is 0 Å². The monoisotopic (exact) mass is 469 g/mol. The normalized spacial score (nSPS) is 15.2. The smallest absolute Gasteiger partial charge is 0.251 e. The van der Waals surface area contributed by atoms with Crippen molar-refractivity contribution in [1.82, 2.24) is 10.6 Å². The van der Waals surface area contributed by atoms with Crippen LogP contribution in [-0.4, -0.2) is 50.4 Å². The van der Waals surface area contributed by atoms with Gasteiger partial charge in [-0.3, -0.25) is 14.9 Å². The third kappa shape index (κ3) is 7.30. The number of carbonyl (C=O) groups is 2. The molecular formula is C24H27N3O5S. The fraction of sp³-hybridized carbons (Fsp3) is 0.292. The Morgan fingerprint density at radius 3 is 2.55 bits per heavy atom. The number of hydrogen-bond donors (Lipinski definition) is 3. The fourth-order valence-corrected chi connectivity index (χ4v) is 3.48. The predicted octanol–water partition coefficient (Wildman–Crippen LogP) is 3.14.